The molecule has 0 aromatic carbocycles. The molecule has 1 saturated carbocycles. The highest BCUT2D eigenvalue weighted by Gasteiger charge is 2.50. The fourth-order valence-electron chi connectivity index (χ4n) is 8.96. The topological polar surface area (TPSA) is 264 Å². The normalized spacial score (nSPS) is 20.7. The predicted octanol–water partition coefficient (Wildman–Crippen LogP) is 2.94. The summed E-state index contributed by atoms with van der Waals surface area (Å²) in [6.07, 6.45) is 4.39. The maximum Gasteiger partial charge on any atom is 0.407 e. The Morgan fingerprint density at radius 1 is 0.753 bits per heavy atom. The Bertz CT molecular complexity index is 2120. The van der Waals surface area contributed by atoms with Gasteiger partial charge in [0.15, 0.2) is 0 Å². The molecule has 4 heterocycles. The van der Waals surface area contributed by atoms with Crippen LogP contribution in [0.1, 0.15) is 82.0 Å². The lowest BCUT2D eigenvalue weighted by Gasteiger charge is -2.30. The van der Waals surface area contributed by atoms with E-state index in [0.717, 1.165) is 50.0 Å². The summed E-state index contributed by atoms with van der Waals surface area (Å²) in [6, 6.07) is 8.74. The van der Waals surface area contributed by atoms with E-state index in [4.69, 9.17) is 43.4 Å². The molecule has 3 aromatic rings. The number of ether oxygens (including phenoxy) is 7. The standard InChI is InChI=1S/C49H73IN10O13/c1-35(13-16-57(2)50)60-55-40-11-9-37-38(10-12-41(40)56-60)39(37)34-73-49(66)52-15-22-68-28-27-67-21-14-51-46(61)45(42-6-4-8-44(54-42)48(64)65)59-19-25-71-31-29-69-23-17-58(18-24-70-30-32-72-26-20-59)33-36-5-3-7-43(53-36)47(62)63/h3-8,35,37-39,45H,9-34H2,1-2H3,(H,51,61)(H,52,66)(H,62,63)(H,64,65)/t35?,37-,38+,39?,45?. The predicted molar refractivity (Wildman–Crippen MR) is 272 cm³/mol. The smallest absolute Gasteiger partial charge is 0.407 e. The second-order valence-electron chi connectivity index (χ2n) is 18.2. The Hall–Kier alpha value is -4.51. The summed E-state index contributed by atoms with van der Waals surface area (Å²) in [6.45, 7) is 9.58. The third-order valence-electron chi connectivity index (χ3n) is 13.0. The van der Waals surface area contributed by atoms with Crippen LogP contribution in [0.5, 0.6) is 0 Å². The number of nitrogens with zero attached hydrogens (tertiary/aromatic N) is 8. The molecule has 24 heteroatoms. The molecule has 1 aliphatic heterocycles. The third-order valence-corrected chi connectivity index (χ3v) is 13.5. The van der Waals surface area contributed by atoms with Crippen molar-refractivity contribution in [2.75, 3.05) is 139 Å². The third kappa shape index (κ3) is 19.9. The van der Waals surface area contributed by atoms with E-state index in [1.54, 1.807) is 24.3 Å². The molecule has 0 radical (unpaired) electrons. The largest absolute Gasteiger partial charge is 0.477 e. The number of hydrogen-bond donors (Lipinski definition) is 4. The number of carbonyl (C=O) groups is 4. The van der Waals surface area contributed by atoms with Crippen LogP contribution in [0.4, 0.5) is 4.79 Å². The Balaban J connectivity index is 0.867. The number of carboxylic acids is 2. The van der Waals surface area contributed by atoms with Gasteiger partial charge in [-0.15, -0.1) is 0 Å². The van der Waals surface area contributed by atoms with Crippen molar-refractivity contribution >= 4 is 46.8 Å². The lowest BCUT2D eigenvalue weighted by molar-refractivity contribution is -0.128. The molecule has 2 aliphatic carbocycles. The summed E-state index contributed by atoms with van der Waals surface area (Å²) < 4.78 is 42.6. The van der Waals surface area contributed by atoms with Crippen LogP contribution in [0.15, 0.2) is 36.4 Å². The summed E-state index contributed by atoms with van der Waals surface area (Å²) in [5.41, 5.74) is 2.89. The number of aromatic nitrogens is 5. The molecule has 3 aliphatic rings. The summed E-state index contributed by atoms with van der Waals surface area (Å²) in [5, 5.41) is 34.5. The minimum absolute atomic E-state index is 0.0152. The summed E-state index contributed by atoms with van der Waals surface area (Å²) in [4.78, 5) is 64.2. The van der Waals surface area contributed by atoms with Crippen molar-refractivity contribution in [3.63, 3.8) is 0 Å². The van der Waals surface area contributed by atoms with E-state index >= 15 is 0 Å². The number of nitrogens with one attached hydrogen (secondary N) is 2. The van der Waals surface area contributed by atoms with Crippen LogP contribution < -0.4 is 10.6 Å². The van der Waals surface area contributed by atoms with E-state index in [9.17, 15) is 29.4 Å². The SMILES string of the molecule is CC(CCN(C)I)n1nc2c(n1)CC[C@H]1C(COC(=O)NCCOCCOCCNC(=O)C(c3cccc(C(=O)O)n3)N3CCOCCOCCN(Cc4cccc(C(=O)O)n4)CCOCCOCC3)[C@H]1CC2. The second-order valence-corrected chi connectivity index (χ2v) is 19.9. The Kier molecular flexibility index (Phi) is 24.8. The first-order valence-corrected chi connectivity index (χ1v) is 26.3. The van der Waals surface area contributed by atoms with Gasteiger partial charge in [-0.2, -0.15) is 15.0 Å². The average Bonchev–Trinajstić information content (AvgIpc) is 3.87. The van der Waals surface area contributed by atoms with Gasteiger partial charge in [-0.05, 0) is 88.1 Å². The van der Waals surface area contributed by atoms with Gasteiger partial charge in [0.25, 0.3) is 0 Å². The summed E-state index contributed by atoms with van der Waals surface area (Å²) >= 11 is 2.30. The van der Waals surface area contributed by atoms with Gasteiger partial charge in [0, 0.05) is 75.2 Å². The molecule has 3 aromatic heterocycles. The highest BCUT2D eigenvalue weighted by molar-refractivity contribution is 14.1. The Morgan fingerprint density at radius 3 is 1.88 bits per heavy atom. The molecule has 4 N–H and O–H groups in total. The molecule has 0 spiro atoms. The van der Waals surface area contributed by atoms with Gasteiger partial charge in [-0.3, -0.25) is 17.7 Å². The van der Waals surface area contributed by atoms with Gasteiger partial charge in [0.05, 0.1) is 115 Å². The maximum absolute atomic E-state index is 14.0. The molecule has 3 unspecified atom stereocenters. The van der Waals surface area contributed by atoms with Crippen molar-refractivity contribution in [1.29, 1.82) is 0 Å². The zero-order chi connectivity index (χ0) is 51.8. The zero-order valence-corrected chi connectivity index (χ0v) is 44.2. The number of fused-ring (bicyclic) bond motifs is 2. The monoisotopic (exact) mass is 1140 g/mol. The lowest BCUT2D eigenvalue weighted by atomic mass is 10.0. The fourth-order valence-corrected chi connectivity index (χ4v) is 9.24. The van der Waals surface area contributed by atoms with Gasteiger partial charge in [0.2, 0.25) is 5.91 Å². The van der Waals surface area contributed by atoms with E-state index < -0.39 is 30.0 Å². The van der Waals surface area contributed by atoms with Crippen molar-refractivity contribution < 1.29 is 62.5 Å². The number of carboxylic acid groups (broad SMARTS) is 2. The lowest BCUT2D eigenvalue weighted by Crippen LogP contribution is -2.44. The zero-order valence-electron chi connectivity index (χ0n) is 42.1. The Morgan fingerprint density at radius 2 is 1.30 bits per heavy atom. The number of carbonyl (C=O) groups excluding carboxylic acids is 2. The number of amides is 2. The van der Waals surface area contributed by atoms with Crippen LogP contribution in [-0.2, 0) is 57.3 Å². The number of hydrogen-bond acceptors (Lipinski definition) is 18. The molecule has 2 fully saturated rings. The van der Waals surface area contributed by atoms with Gasteiger partial charge >= 0.3 is 18.0 Å². The van der Waals surface area contributed by atoms with E-state index in [0.29, 0.717) is 89.2 Å². The molecule has 5 atom stereocenters. The number of aromatic carboxylic acids is 2. The Labute approximate surface area is 440 Å². The van der Waals surface area contributed by atoms with Crippen LogP contribution in [0.3, 0.4) is 0 Å². The number of alkyl carbamates (subject to hydrolysis) is 1. The van der Waals surface area contributed by atoms with Crippen molar-refractivity contribution in [1.82, 2.24) is 48.5 Å². The molecule has 1 saturated heterocycles. The summed E-state index contributed by atoms with van der Waals surface area (Å²) in [7, 11) is 2.06. The van der Waals surface area contributed by atoms with Crippen LogP contribution in [-0.4, -0.2) is 211 Å². The van der Waals surface area contributed by atoms with E-state index in [1.807, 2.05) is 9.70 Å². The number of aryl methyl sites for hydroxylation is 2. The number of halogens is 1. The number of pyridine rings is 2. The van der Waals surface area contributed by atoms with Crippen molar-refractivity contribution in [3.05, 3.63) is 70.6 Å². The van der Waals surface area contributed by atoms with Gasteiger partial charge in [0.1, 0.15) is 17.4 Å². The first-order chi connectivity index (χ1) is 35.5. The summed E-state index contributed by atoms with van der Waals surface area (Å²) in [5.74, 6) is -1.27. The molecule has 6 rings (SSSR count). The molecule has 404 valence electrons. The first-order valence-electron chi connectivity index (χ1n) is 25.3. The molecule has 0 bridgehead atoms. The molecule has 2 amide bonds. The first kappa shape index (κ1) is 57.8. The van der Waals surface area contributed by atoms with Crippen LogP contribution in [0.25, 0.3) is 0 Å². The van der Waals surface area contributed by atoms with Crippen molar-refractivity contribution in [2.24, 2.45) is 17.8 Å². The quantitative estimate of drug-likeness (QED) is 0.0640. The van der Waals surface area contributed by atoms with Gasteiger partial charge in [-0.25, -0.2) is 24.4 Å². The second kappa shape index (κ2) is 31.4. The highest BCUT2D eigenvalue weighted by atomic mass is 127. The van der Waals surface area contributed by atoms with E-state index in [2.05, 4.69) is 65.5 Å². The maximum atomic E-state index is 14.0. The van der Waals surface area contributed by atoms with Crippen LogP contribution in [0, 0.1) is 17.8 Å². The van der Waals surface area contributed by atoms with Crippen LogP contribution >= 0.6 is 22.9 Å². The minimum Gasteiger partial charge on any atom is -0.477 e. The molecular formula is C49H73IN10O13. The molecule has 23 nitrogen and oxygen atoms in total. The molecular weight excluding hydrogens is 1060 g/mol. The minimum atomic E-state index is -1.22. The van der Waals surface area contributed by atoms with E-state index in [-0.39, 0.29) is 89.1 Å². The molecule has 73 heavy (non-hydrogen) atoms. The fraction of sp³-hybridized carbons (Fsp3) is 0.673. The van der Waals surface area contributed by atoms with Crippen molar-refractivity contribution in [2.45, 2.75) is 57.7 Å². The van der Waals surface area contributed by atoms with Gasteiger partial charge in [-0.1, -0.05) is 12.1 Å². The van der Waals surface area contributed by atoms with Gasteiger partial charge < -0.3 is 54.0 Å². The number of rotatable bonds is 22. The van der Waals surface area contributed by atoms with E-state index in [1.165, 1.54) is 12.1 Å². The van der Waals surface area contributed by atoms with Crippen LogP contribution in [0.2, 0.25) is 0 Å². The van der Waals surface area contributed by atoms with Crippen molar-refractivity contribution in [3.8, 4) is 0 Å². The average molecular weight is 1140 g/mol. The highest BCUT2D eigenvalue weighted by Crippen LogP contribution is 2.52.